The molecule has 0 rings (SSSR count). The van der Waals surface area contributed by atoms with Crippen molar-refractivity contribution in [3.05, 3.63) is 0 Å². The van der Waals surface area contributed by atoms with E-state index in [2.05, 4.69) is 5.32 Å². The summed E-state index contributed by atoms with van der Waals surface area (Å²) in [5.41, 5.74) is 0. The van der Waals surface area contributed by atoms with Crippen LogP contribution in [0.3, 0.4) is 0 Å². The molecule has 0 fully saturated rings. The standard InChI is InChI=1S/C11H24N2O3/c1-6-15-10(16-7-2)8-13(9(3)4)11(14)12-5/h9-10H,6-8H2,1-5H3,(H,12,14). The normalized spacial score (nSPS) is 10.9. The molecule has 0 radical (unpaired) electrons. The van der Waals surface area contributed by atoms with Crippen molar-refractivity contribution in [3.63, 3.8) is 0 Å². The number of hydrogen-bond donors (Lipinski definition) is 1. The Morgan fingerprint density at radius 3 is 2.06 bits per heavy atom. The van der Waals surface area contributed by atoms with E-state index in [1.54, 1.807) is 11.9 Å². The molecular formula is C11H24N2O3. The van der Waals surface area contributed by atoms with Gasteiger partial charge < -0.3 is 19.7 Å². The van der Waals surface area contributed by atoms with Gasteiger partial charge in [0.25, 0.3) is 0 Å². The molecule has 0 saturated heterocycles. The fourth-order valence-electron chi connectivity index (χ4n) is 1.36. The molecule has 0 aliphatic carbocycles. The molecule has 0 aromatic carbocycles. The fourth-order valence-corrected chi connectivity index (χ4v) is 1.36. The van der Waals surface area contributed by atoms with E-state index in [-0.39, 0.29) is 18.4 Å². The molecule has 0 atom stereocenters. The zero-order valence-corrected chi connectivity index (χ0v) is 10.9. The van der Waals surface area contributed by atoms with Crippen LogP contribution in [0.4, 0.5) is 4.79 Å². The van der Waals surface area contributed by atoms with Crippen molar-refractivity contribution in [3.8, 4) is 0 Å². The van der Waals surface area contributed by atoms with Crippen LogP contribution in [0.2, 0.25) is 0 Å². The summed E-state index contributed by atoms with van der Waals surface area (Å²) < 4.78 is 10.8. The number of carbonyl (C=O) groups is 1. The highest BCUT2D eigenvalue weighted by atomic mass is 16.7. The molecule has 96 valence electrons. The summed E-state index contributed by atoms with van der Waals surface area (Å²) >= 11 is 0. The van der Waals surface area contributed by atoms with Crippen molar-refractivity contribution in [2.24, 2.45) is 0 Å². The Morgan fingerprint density at radius 1 is 1.25 bits per heavy atom. The molecule has 0 saturated carbocycles. The van der Waals surface area contributed by atoms with E-state index in [0.29, 0.717) is 19.8 Å². The van der Waals surface area contributed by atoms with Gasteiger partial charge in [-0.15, -0.1) is 0 Å². The van der Waals surface area contributed by atoms with Gasteiger partial charge in [-0.1, -0.05) is 0 Å². The molecule has 0 unspecified atom stereocenters. The van der Waals surface area contributed by atoms with Crippen molar-refractivity contribution >= 4 is 6.03 Å². The summed E-state index contributed by atoms with van der Waals surface area (Å²) in [5, 5.41) is 2.61. The van der Waals surface area contributed by atoms with Crippen LogP contribution in [0.1, 0.15) is 27.7 Å². The number of carbonyl (C=O) groups excluding carboxylic acids is 1. The molecule has 0 aliphatic rings. The summed E-state index contributed by atoms with van der Waals surface area (Å²) in [6, 6.07) is 0.00256. The first-order valence-electron chi connectivity index (χ1n) is 5.78. The van der Waals surface area contributed by atoms with Crippen molar-refractivity contribution in [1.82, 2.24) is 10.2 Å². The largest absolute Gasteiger partial charge is 0.351 e. The van der Waals surface area contributed by atoms with Gasteiger partial charge in [-0.05, 0) is 27.7 Å². The average molecular weight is 232 g/mol. The maximum Gasteiger partial charge on any atom is 0.317 e. The quantitative estimate of drug-likeness (QED) is 0.676. The molecule has 0 aromatic heterocycles. The van der Waals surface area contributed by atoms with Gasteiger partial charge in [-0.2, -0.15) is 0 Å². The summed E-state index contributed by atoms with van der Waals surface area (Å²) in [7, 11) is 1.62. The molecule has 16 heavy (non-hydrogen) atoms. The molecule has 0 bridgehead atoms. The fraction of sp³-hybridized carbons (Fsp3) is 0.909. The molecular weight excluding hydrogens is 208 g/mol. The maximum atomic E-state index is 11.6. The van der Waals surface area contributed by atoms with Crippen LogP contribution in [0.25, 0.3) is 0 Å². The molecule has 1 N–H and O–H groups in total. The SMILES string of the molecule is CCOC(CN(C(=O)NC)C(C)C)OCC. The van der Waals surface area contributed by atoms with Crippen LogP contribution in [0.5, 0.6) is 0 Å². The Balaban J connectivity index is 4.38. The topological polar surface area (TPSA) is 50.8 Å². The zero-order chi connectivity index (χ0) is 12.6. The van der Waals surface area contributed by atoms with Crippen LogP contribution in [-0.2, 0) is 9.47 Å². The maximum absolute atomic E-state index is 11.6. The molecule has 0 spiro atoms. The number of ether oxygens (including phenoxy) is 2. The number of nitrogens with one attached hydrogen (secondary N) is 1. The molecule has 0 aliphatic heterocycles. The highest BCUT2D eigenvalue weighted by Crippen LogP contribution is 2.04. The van der Waals surface area contributed by atoms with Gasteiger partial charge in [0.1, 0.15) is 0 Å². The third kappa shape index (κ3) is 5.32. The third-order valence-corrected chi connectivity index (χ3v) is 2.15. The minimum atomic E-state index is -0.352. The molecule has 0 heterocycles. The highest BCUT2D eigenvalue weighted by molar-refractivity contribution is 5.74. The first-order chi connectivity index (χ1) is 7.56. The predicted octanol–water partition coefficient (Wildman–Crippen LogP) is 1.44. The Morgan fingerprint density at radius 2 is 1.75 bits per heavy atom. The monoisotopic (exact) mass is 232 g/mol. The average Bonchev–Trinajstić information content (AvgIpc) is 2.24. The minimum absolute atomic E-state index is 0.112. The Kier molecular flexibility index (Phi) is 7.93. The van der Waals surface area contributed by atoms with E-state index in [4.69, 9.17) is 9.47 Å². The van der Waals surface area contributed by atoms with E-state index in [1.165, 1.54) is 0 Å². The summed E-state index contributed by atoms with van der Waals surface area (Å²) in [5.74, 6) is 0. The first kappa shape index (κ1) is 15.2. The second-order valence-corrected chi connectivity index (χ2v) is 3.64. The molecule has 2 amide bonds. The van der Waals surface area contributed by atoms with Gasteiger partial charge in [-0.25, -0.2) is 4.79 Å². The van der Waals surface area contributed by atoms with Crippen LogP contribution >= 0.6 is 0 Å². The predicted molar refractivity (Wildman–Crippen MR) is 63.3 cm³/mol. The summed E-state index contributed by atoms with van der Waals surface area (Å²) in [6.45, 7) is 9.33. The van der Waals surface area contributed by atoms with Crippen molar-refractivity contribution in [2.45, 2.75) is 40.0 Å². The first-order valence-corrected chi connectivity index (χ1v) is 5.78. The lowest BCUT2D eigenvalue weighted by Crippen LogP contribution is -2.47. The third-order valence-electron chi connectivity index (χ3n) is 2.15. The van der Waals surface area contributed by atoms with Crippen LogP contribution in [-0.4, -0.2) is 50.1 Å². The van der Waals surface area contributed by atoms with Crippen LogP contribution in [0, 0.1) is 0 Å². The van der Waals surface area contributed by atoms with E-state index in [9.17, 15) is 4.79 Å². The second-order valence-electron chi connectivity index (χ2n) is 3.64. The lowest BCUT2D eigenvalue weighted by Gasteiger charge is -2.30. The van der Waals surface area contributed by atoms with E-state index >= 15 is 0 Å². The van der Waals surface area contributed by atoms with Crippen LogP contribution < -0.4 is 5.32 Å². The van der Waals surface area contributed by atoms with Gasteiger partial charge in [0, 0.05) is 26.3 Å². The number of nitrogens with zero attached hydrogens (tertiary/aromatic N) is 1. The summed E-state index contributed by atoms with van der Waals surface area (Å²) in [6.07, 6.45) is -0.352. The van der Waals surface area contributed by atoms with Crippen molar-refractivity contribution in [2.75, 3.05) is 26.8 Å². The molecule has 0 aromatic rings. The van der Waals surface area contributed by atoms with E-state index in [0.717, 1.165) is 0 Å². The zero-order valence-electron chi connectivity index (χ0n) is 10.9. The Hall–Kier alpha value is -0.810. The van der Waals surface area contributed by atoms with E-state index in [1.807, 2.05) is 27.7 Å². The summed E-state index contributed by atoms with van der Waals surface area (Å²) in [4.78, 5) is 13.3. The Labute approximate surface area is 98.1 Å². The molecule has 5 nitrogen and oxygen atoms in total. The van der Waals surface area contributed by atoms with Gasteiger partial charge in [-0.3, -0.25) is 0 Å². The number of hydrogen-bond acceptors (Lipinski definition) is 3. The van der Waals surface area contributed by atoms with Gasteiger partial charge >= 0.3 is 6.03 Å². The smallest absolute Gasteiger partial charge is 0.317 e. The Bertz CT molecular complexity index is 192. The number of rotatable bonds is 7. The lowest BCUT2D eigenvalue weighted by molar-refractivity contribution is -0.144. The van der Waals surface area contributed by atoms with Gasteiger partial charge in [0.2, 0.25) is 0 Å². The minimum Gasteiger partial charge on any atom is -0.351 e. The highest BCUT2D eigenvalue weighted by Gasteiger charge is 2.20. The van der Waals surface area contributed by atoms with Crippen molar-refractivity contribution < 1.29 is 14.3 Å². The van der Waals surface area contributed by atoms with Crippen molar-refractivity contribution in [1.29, 1.82) is 0 Å². The molecule has 5 heteroatoms. The van der Waals surface area contributed by atoms with E-state index < -0.39 is 0 Å². The second kappa shape index (κ2) is 8.35. The van der Waals surface area contributed by atoms with Gasteiger partial charge in [0.15, 0.2) is 6.29 Å². The number of urea groups is 1. The lowest BCUT2D eigenvalue weighted by atomic mass is 10.3. The van der Waals surface area contributed by atoms with Gasteiger partial charge in [0.05, 0.1) is 6.54 Å². The van der Waals surface area contributed by atoms with Crippen LogP contribution in [0.15, 0.2) is 0 Å². The number of amides is 2.